The zero-order valence-electron chi connectivity index (χ0n) is 6.52. The van der Waals surface area contributed by atoms with E-state index in [2.05, 4.69) is 10.3 Å². The van der Waals surface area contributed by atoms with Crippen molar-refractivity contribution in [2.45, 2.75) is 5.16 Å². The van der Waals surface area contributed by atoms with Crippen molar-refractivity contribution < 1.29 is 9.90 Å². The topological polar surface area (TPSA) is 67.2 Å². The van der Waals surface area contributed by atoms with Gasteiger partial charge in [-0.2, -0.15) is 0 Å². The molecule has 0 radical (unpaired) electrons. The van der Waals surface area contributed by atoms with Crippen molar-refractivity contribution in [1.29, 1.82) is 0 Å². The summed E-state index contributed by atoms with van der Waals surface area (Å²) in [7, 11) is 1.86. The number of nitrogens with zero attached hydrogens (tertiary/aromatic N) is 2. The van der Waals surface area contributed by atoms with Crippen LogP contribution in [0.5, 0.6) is 0 Å². The van der Waals surface area contributed by atoms with Gasteiger partial charge in [0.2, 0.25) is 0 Å². The average molecular weight is 187 g/mol. The van der Waals surface area contributed by atoms with Crippen molar-refractivity contribution in [3.63, 3.8) is 0 Å². The molecule has 0 saturated carbocycles. The minimum Gasteiger partial charge on any atom is -0.465 e. The summed E-state index contributed by atoms with van der Waals surface area (Å²) >= 11 is 1.34. The molecule has 0 fully saturated rings. The van der Waals surface area contributed by atoms with Gasteiger partial charge in [-0.25, -0.2) is 9.78 Å². The van der Waals surface area contributed by atoms with E-state index in [-0.39, 0.29) is 0 Å². The number of rotatable bonds is 3. The van der Waals surface area contributed by atoms with E-state index in [0.29, 0.717) is 5.88 Å². The largest absolute Gasteiger partial charge is 0.465 e. The number of nitrogens with one attached hydrogen (secondary N) is 1. The Labute approximate surface area is 73.8 Å². The van der Waals surface area contributed by atoms with Crippen LogP contribution in [0.2, 0.25) is 0 Å². The molecule has 0 unspecified atom stereocenters. The predicted octanol–water partition coefficient (Wildman–Crippen LogP) is 0.737. The second-order valence-corrected chi connectivity index (χ2v) is 3.03. The maximum Gasteiger partial charge on any atom is 0.405 e. The lowest BCUT2D eigenvalue weighted by molar-refractivity contribution is 0.196. The lowest BCUT2D eigenvalue weighted by atomic mass is 10.9. The molecule has 1 aromatic rings. The minimum atomic E-state index is -1.02. The van der Waals surface area contributed by atoms with E-state index in [1.54, 1.807) is 6.20 Å². The third kappa shape index (κ3) is 2.46. The Morgan fingerprint density at radius 2 is 2.67 bits per heavy atom. The lowest BCUT2D eigenvalue weighted by Gasteiger charge is -2.00. The van der Waals surface area contributed by atoms with Gasteiger partial charge in [0.15, 0.2) is 5.16 Å². The summed E-state index contributed by atoms with van der Waals surface area (Å²) in [6, 6.07) is 0. The van der Waals surface area contributed by atoms with Gasteiger partial charge in [0.1, 0.15) is 0 Å². The average Bonchev–Trinajstić information content (AvgIpc) is 2.36. The monoisotopic (exact) mass is 187 g/mol. The normalized spacial score (nSPS) is 9.75. The Bertz CT molecular complexity index is 274. The predicted molar refractivity (Wildman–Crippen MR) is 45.1 cm³/mol. The van der Waals surface area contributed by atoms with Gasteiger partial charge in [0.25, 0.3) is 0 Å². The van der Waals surface area contributed by atoms with Crippen molar-refractivity contribution in [3.05, 3.63) is 12.4 Å². The Balaban J connectivity index is 2.33. The third-order valence-corrected chi connectivity index (χ3v) is 2.14. The molecule has 0 bridgehead atoms. The molecule has 0 aliphatic carbocycles. The number of amides is 1. The van der Waals surface area contributed by atoms with Crippen molar-refractivity contribution in [2.24, 2.45) is 7.05 Å². The highest BCUT2D eigenvalue weighted by Gasteiger charge is 1.99. The maximum absolute atomic E-state index is 10.1. The van der Waals surface area contributed by atoms with Crippen LogP contribution >= 0.6 is 11.8 Å². The number of thioether (sulfide) groups is 1. The summed E-state index contributed by atoms with van der Waals surface area (Å²) in [6.07, 6.45) is 2.46. The van der Waals surface area contributed by atoms with Crippen LogP contribution in [0.15, 0.2) is 17.6 Å². The zero-order valence-corrected chi connectivity index (χ0v) is 7.34. The zero-order chi connectivity index (χ0) is 8.97. The van der Waals surface area contributed by atoms with E-state index in [1.807, 2.05) is 17.8 Å². The number of aromatic nitrogens is 2. The highest BCUT2D eigenvalue weighted by atomic mass is 32.2. The number of imidazole rings is 1. The van der Waals surface area contributed by atoms with Crippen molar-refractivity contribution in [1.82, 2.24) is 14.9 Å². The first-order valence-corrected chi connectivity index (χ1v) is 4.25. The first-order valence-electron chi connectivity index (χ1n) is 3.27. The van der Waals surface area contributed by atoms with Crippen LogP contribution in [0.25, 0.3) is 0 Å². The molecular formula is C6H9N3O2S. The summed E-state index contributed by atoms with van der Waals surface area (Å²) in [6.45, 7) is 0. The summed E-state index contributed by atoms with van der Waals surface area (Å²) < 4.78 is 1.83. The molecule has 2 N–H and O–H groups in total. The van der Waals surface area contributed by atoms with Crippen molar-refractivity contribution >= 4 is 17.9 Å². The Kier molecular flexibility index (Phi) is 2.98. The number of hydrogen-bond acceptors (Lipinski definition) is 3. The van der Waals surface area contributed by atoms with Gasteiger partial charge < -0.3 is 15.0 Å². The lowest BCUT2D eigenvalue weighted by Crippen LogP contribution is -2.19. The molecule has 1 rings (SSSR count). The standard InChI is InChI=1S/C6H9N3O2S/c1-9-3-2-7-5(9)12-4-8-6(10)11/h2-3,8H,4H2,1H3,(H,10,11). The fourth-order valence-corrected chi connectivity index (χ4v) is 1.38. The Hall–Kier alpha value is -1.17. The molecule has 0 atom stereocenters. The van der Waals surface area contributed by atoms with Crippen LogP contribution in [-0.4, -0.2) is 26.6 Å². The summed E-state index contributed by atoms with van der Waals surface area (Å²) in [5.41, 5.74) is 0. The second kappa shape index (κ2) is 4.01. The molecule has 0 saturated heterocycles. The van der Waals surface area contributed by atoms with Gasteiger partial charge in [0, 0.05) is 19.4 Å². The van der Waals surface area contributed by atoms with Crippen molar-refractivity contribution in [3.8, 4) is 0 Å². The number of hydrogen-bond donors (Lipinski definition) is 2. The van der Waals surface area contributed by atoms with Gasteiger partial charge in [-0.1, -0.05) is 11.8 Å². The molecule has 0 aliphatic heterocycles. The van der Waals surface area contributed by atoms with Crippen LogP contribution in [0.4, 0.5) is 4.79 Å². The van der Waals surface area contributed by atoms with Crippen LogP contribution < -0.4 is 5.32 Å². The first-order chi connectivity index (χ1) is 5.70. The number of carboxylic acid groups (broad SMARTS) is 1. The van der Waals surface area contributed by atoms with Crippen LogP contribution in [0, 0.1) is 0 Å². The van der Waals surface area contributed by atoms with Gasteiger partial charge in [-0.15, -0.1) is 0 Å². The number of aryl methyl sites for hydroxylation is 1. The maximum atomic E-state index is 10.1. The van der Waals surface area contributed by atoms with E-state index in [9.17, 15) is 4.79 Å². The van der Waals surface area contributed by atoms with E-state index < -0.39 is 6.09 Å². The van der Waals surface area contributed by atoms with E-state index in [0.717, 1.165) is 5.16 Å². The summed E-state index contributed by atoms with van der Waals surface area (Å²) in [4.78, 5) is 14.1. The smallest absolute Gasteiger partial charge is 0.405 e. The first kappa shape index (κ1) is 8.92. The summed E-state index contributed by atoms with van der Waals surface area (Å²) in [5.74, 6) is 0.320. The molecular weight excluding hydrogens is 178 g/mol. The molecule has 0 aromatic carbocycles. The highest BCUT2D eigenvalue weighted by Crippen LogP contribution is 2.11. The molecule has 5 nitrogen and oxygen atoms in total. The molecule has 0 aliphatic rings. The van der Waals surface area contributed by atoms with Crippen LogP contribution in [0.3, 0.4) is 0 Å². The van der Waals surface area contributed by atoms with E-state index in [1.165, 1.54) is 11.8 Å². The van der Waals surface area contributed by atoms with Gasteiger partial charge >= 0.3 is 6.09 Å². The second-order valence-electron chi connectivity index (χ2n) is 2.09. The third-order valence-electron chi connectivity index (χ3n) is 1.20. The summed E-state index contributed by atoms with van der Waals surface area (Å²) in [5, 5.41) is 11.3. The molecule has 12 heavy (non-hydrogen) atoms. The van der Waals surface area contributed by atoms with Gasteiger partial charge in [0.05, 0.1) is 5.88 Å². The van der Waals surface area contributed by atoms with Gasteiger partial charge in [-0.3, -0.25) is 0 Å². The molecule has 1 amide bonds. The Morgan fingerprint density at radius 1 is 1.92 bits per heavy atom. The van der Waals surface area contributed by atoms with E-state index in [4.69, 9.17) is 5.11 Å². The fraction of sp³-hybridized carbons (Fsp3) is 0.333. The molecule has 1 aromatic heterocycles. The molecule has 0 spiro atoms. The quantitative estimate of drug-likeness (QED) is 0.541. The Morgan fingerprint density at radius 3 is 3.17 bits per heavy atom. The van der Waals surface area contributed by atoms with E-state index >= 15 is 0 Å². The molecule has 6 heteroatoms. The SMILES string of the molecule is Cn1ccnc1SCNC(=O)O. The number of carbonyl (C=O) groups is 1. The molecule has 66 valence electrons. The van der Waals surface area contributed by atoms with Crippen LogP contribution in [0.1, 0.15) is 0 Å². The fourth-order valence-electron chi connectivity index (χ4n) is 0.653. The van der Waals surface area contributed by atoms with Crippen molar-refractivity contribution in [2.75, 3.05) is 5.88 Å². The minimum absolute atomic E-state index is 0.320. The highest BCUT2D eigenvalue weighted by molar-refractivity contribution is 7.99. The van der Waals surface area contributed by atoms with Gasteiger partial charge in [-0.05, 0) is 0 Å². The van der Waals surface area contributed by atoms with Crippen LogP contribution in [-0.2, 0) is 7.05 Å². The molecule has 1 heterocycles.